The number of piperidine rings is 2. The Kier molecular flexibility index (Phi) is 5.52. The highest BCUT2D eigenvalue weighted by Crippen LogP contribution is 2.25. The van der Waals surface area contributed by atoms with Crippen LogP contribution in [0.25, 0.3) is 0 Å². The maximum absolute atomic E-state index is 12.4. The van der Waals surface area contributed by atoms with Gasteiger partial charge in [-0.1, -0.05) is 6.92 Å². The maximum atomic E-state index is 12.4. The van der Waals surface area contributed by atoms with E-state index in [1.165, 1.54) is 24.5 Å². The average Bonchev–Trinajstić information content (AvgIpc) is 2.65. The SMILES string of the molecule is CC1CCN(CC2CCCN(c3c(C#N)c(=O)n(C)c(=O)n3C)C2)CC1. The van der Waals surface area contributed by atoms with Crippen LogP contribution in [0.4, 0.5) is 5.82 Å². The Hall–Kier alpha value is -2.07. The summed E-state index contributed by atoms with van der Waals surface area (Å²) in [6.07, 6.45) is 4.70. The molecule has 2 fully saturated rings. The van der Waals surface area contributed by atoms with Crippen LogP contribution in [0.2, 0.25) is 0 Å². The minimum absolute atomic E-state index is 0.0713. The molecule has 0 aliphatic carbocycles. The highest BCUT2D eigenvalue weighted by Gasteiger charge is 2.28. The van der Waals surface area contributed by atoms with Crippen molar-refractivity contribution in [3.05, 3.63) is 26.4 Å². The van der Waals surface area contributed by atoms with Gasteiger partial charge in [-0.15, -0.1) is 0 Å². The Morgan fingerprint density at radius 3 is 2.42 bits per heavy atom. The van der Waals surface area contributed by atoms with Crippen LogP contribution in [0.3, 0.4) is 0 Å². The summed E-state index contributed by atoms with van der Waals surface area (Å²) in [5.74, 6) is 1.81. The van der Waals surface area contributed by atoms with E-state index in [0.29, 0.717) is 11.7 Å². The second-order valence-corrected chi connectivity index (χ2v) is 7.95. The Labute approximate surface area is 154 Å². The molecule has 3 rings (SSSR count). The molecule has 142 valence electrons. The summed E-state index contributed by atoms with van der Waals surface area (Å²) in [4.78, 5) is 29.3. The first kappa shape index (κ1) is 18.7. The molecule has 1 aromatic heterocycles. The van der Waals surface area contributed by atoms with E-state index in [-0.39, 0.29) is 11.3 Å². The lowest BCUT2D eigenvalue weighted by molar-refractivity contribution is 0.159. The van der Waals surface area contributed by atoms with Gasteiger partial charge < -0.3 is 9.80 Å². The number of nitriles is 1. The van der Waals surface area contributed by atoms with Crippen molar-refractivity contribution in [3.63, 3.8) is 0 Å². The predicted octanol–water partition coefficient (Wildman–Crippen LogP) is 0.904. The normalized spacial score (nSPS) is 22.4. The largest absolute Gasteiger partial charge is 0.356 e. The lowest BCUT2D eigenvalue weighted by Gasteiger charge is -2.39. The molecule has 0 bridgehead atoms. The molecule has 7 nitrogen and oxygen atoms in total. The minimum Gasteiger partial charge on any atom is -0.356 e. The van der Waals surface area contributed by atoms with Gasteiger partial charge in [0, 0.05) is 33.7 Å². The fourth-order valence-corrected chi connectivity index (χ4v) is 4.32. The van der Waals surface area contributed by atoms with Crippen molar-refractivity contribution in [3.8, 4) is 6.07 Å². The van der Waals surface area contributed by atoms with E-state index in [9.17, 15) is 14.9 Å². The number of aromatic nitrogens is 2. The average molecular weight is 359 g/mol. The third-order valence-electron chi connectivity index (χ3n) is 5.96. The number of rotatable bonds is 3. The van der Waals surface area contributed by atoms with Crippen molar-refractivity contribution in [2.45, 2.75) is 32.6 Å². The number of nitrogens with zero attached hydrogens (tertiary/aromatic N) is 5. The van der Waals surface area contributed by atoms with Crippen molar-refractivity contribution in [2.24, 2.45) is 25.9 Å². The van der Waals surface area contributed by atoms with Crippen molar-refractivity contribution in [1.29, 1.82) is 5.26 Å². The van der Waals surface area contributed by atoms with Gasteiger partial charge in [-0.2, -0.15) is 5.26 Å². The van der Waals surface area contributed by atoms with Gasteiger partial charge >= 0.3 is 5.69 Å². The lowest BCUT2D eigenvalue weighted by Crippen LogP contribution is -2.47. The highest BCUT2D eigenvalue weighted by molar-refractivity contribution is 5.53. The van der Waals surface area contributed by atoms with Crippen LogP contribution in [0.1, 0.15) is 38.2 Å². The van der Waals surface area contributed by atoms with E-state index in [4.69, 9.17) is 0 Å². The zero-order valence-corrected chi connectivity index (χ0v) is 16.1. The summed E-state index contributed by atoms with van der Waals surface area (Å²) in [5.41, 5.74) is -0.809. The van der Waals surface area contributed by atoms with Crippen LogP contribution < -0.4 is 16.1 Å². The van der Waals surface area contributed by atoms with Crippen LogP contribution >= 0.6 is 0 Å². The molecule has 0 amide bonds. The van der Waals surface area contributed by atoms with E-state index in [0.717, 1.165) is 56.1 Å². The first-order valence-corrected chi connectivity index (χ1v) is 9.59. The third-order valence-corrected chi connectivity index (χ3v) is 5.96. The van der Waals surface area contributed by atoms with Crippen molar-refractivity contribution in [2.75, 3.05) is 37.6 Å². The van der Waals surface area contributed by atoms with Crippen molar-refractivity contribution in [1.82, 2.24) is 14.0 Å². The van der Waals surface area contributed by atoms with E-state index < -0.39 is 5.56 Å². The van der Waals surface area contributed by atoms with Gasteiger partial charge in [0.25, 0.3) is 5.56 Å². The number of anilines is 1. The molecule has 0 spiro atoms. The molecule has 2 aliphatic rings. The monoisotopic (exact) mass is 359 g/mol. The number of hydrogen-bond acceptors (Lipinski definition) is 5. The fraction of sp³-hybridized carbons (Fsp3) is 0.737. The molecule has 0 radical (unpaired) electrons. The van der Waals surface area contributed by atoms with Crippen LogP contribution in [-0.4, -0.2) is 46.8 Å². The van der Waals surface area contributed by atoms with Gasteiger partial charge in [0.2, 0.25) is 0 Å². The molecule has 0 N–H and O–H groups in total. The zero-order chi connectivity index (χ0) is 18.8. The topological polar surface area (TPSA) is 74.3 Å². The molecule has 1 aromatic rings. The standard InChI is InChI=1S/C19H29N5O2/c1-14-6-9-23(10-7-14)12-15-5-4-8-24(13-15)17-16(11-20)18(25)22(3)19(26)21(17)2/h14-15H,4-10,12-13H2,1-3H3. The molecule has 0 saturated carbocycles. The molecule has 0 aromatic carbocycles. The summed E-state index contributed by atoms with van der Waals surface area (Å²) in [6, 6.07) is 2.03. The smallest absolute Gasteiger partial charge is 0.332 e. The van der Waals surface area contributed by atoms with E-state index in [1.54, 1.807) is 7.05 Å². The summed E-state index contributed by atoms with van der Waals surface area (Å²) in [6.45, 7) is 7.27. The van der Waals surface area contributed by atoms with Crippen LogP contribution in [0.15, 0.2) is 9.59 Å². The van der Waals surface area contributed by atoms with Crippen LogP contribution in [-0.2, 0) is 14.1 Å². The lowest BCUT2D eigenvalue weighted by atomic mass is 9.94. The summed E-state index contributed by atoms with van der Waals surface area (Å²) in [7, 11) is 3.07. The zero-order valence-electron chi connectivity index (χ0n) is 16.1. The Balaban J connectivity index is 1.81. The van der Waals surface area contributed by atoms with Gasteiger partial charge in [-0.05, 0) is 50.6 Å². The molecule has 3 heterocycles. The van der Waals surface area contributed by atoms with E-state index >= 15 is 0 Å². The van der Waals surface area contributed by atoms with E-state index in [2.05, 4.69) is 16.7 Å². The van der Waals surface area contributed by atoms with Gasteiger partial charge in [0.15, 0.2) is 5.56 Å². The van der Waals surface area contributed by atoms with Gasteiger partial charge in [-0.3, -0.25) is 13.9 Å². The van der Waals surface area contributed by atoms with Gasteiger partial charge in [0.05, 0.1) is 0 Å². The maximum Gasteiger partial charge on any atom is 0.332 e. The Morgan fingerprint density at radius 2 is 1.77 bits per heavy atom. The molecule has 1 atom stereocenters. The minimum atomic E-state index is -0.502. The van der Waals surface area contributed by atoms with Crippen molar-refractivity contribution < 1.29 is 0 Å². The number of likely N-dealkylation sites (tertiary alicyclic amines) is 1. The fourth-order valence-electron chi connectivity index (χ4n) is 4.32. The summed E-state index contributed by atoms with van der Waals surface area (Å²) >= 11 is 0. The summed E-state index contributed by atoms with van der Waals surface area (Å²) < 4.78 is 2.46. The first-order valence-electron chi connectivity index (χ1n) is 9.59. The Bertz CT molecular complexity index is 811. The summed E-state index contributed by atoms with van der Waals surface area (Å²) in [5, 5.41) is 9.51. The van der Waals surface area contributed by atoms with Crippen molar-refractivity contribution >= 4 is 5.82 Å². The second-order valence-electron chi connectivity index (χ2n) is 7.95. The molecule has 7 heteroatoms. The molecule has 2 saturated heterocycles. The first-order chi connectivity index (χ1) is 12.4. The second kappa shape index (κ2) is 7.67. The van der Waals surface area contributed by atoms with E-state index in [1.807, 2.05) is 6.07 Å². The molecule has 26 heavy (non-hydrogen) atoms. The van der Waals surface area contributed by atoms with Gasteiger partial charge in [-0.25, -0.2) is 4.79 Å². The number of hydrogen-bond donors (Lipinski definition) is 0. The third kappa shape index (κ3) is 3.56. The highest BCUT2D eigenvalue weighted by atomic mass is 16.2. The molecular formula is C19H29N5O2. The van der Waals surface area contributed by atoms with Crippen LogP contribution in [0, 0.1) is 23.2 Å². The Morgan fingerprint density at radius 1 is 1.08 bits per heavy atom. The predicted molar refractivity (Wildman–Crippen MR) is 101 cm³/mol. The van der Waals surface area contributed by atoms with Gasteiger partial charge in [0.1, 0.15) is 11.9 Å². The van der Waals surface area contributed by atoms with Crippen LogP contribution in [0.5, 0.6) is 0 Å². The molecular weight excluding hydrogens is 330 g/mol. The molecule has 1 unspecified atom stereocenters. The molecule has 2 aliphatic heterocycles. The quantitative estimate of drug-likeness (QED) is 0.802.